The molecule has 0 radical (unpaired) electrons. The van der Waals surface area contributed by atoms with Gasteiger partial charge in [0, 0.05) is 17.3 Å². The maximum atomic E-state index is 6.13. The molecule has 2 saturated heterocycles. The quantitative estimate of drug-likeness (QED) is 0.841. The summed E-state index contributed by atoms with van der Waals surface area (Å²) in [7, 11) is 0. The highest BCUT2D eigenvalue weighted by Gasteiger charge is 2.45. The van der Waals surface area contributed by atoms with E-state index in [1.54, 1.807) is 0 Å². The van der Waals surface area contributed by atoms with Crippen LogP contribution in [-0.4, -0.2) is 41.1 Å². The van der Waals surface area contributed by atoms with Crippen molar-refractivity contribution in [1.29, 1.82) is 0 Å². The number of nitrogens with zero attached hydrogens (tertiary/aromatic N) is 1. The molecule has 0 saturated carbocycles. The molecule has 0 amide bonds. The van der Waals surface area contributed by atoms with Crippen LogP contribution in [0.1, 0.15) is 40.0 Å². The Labute approximate surface area is 111 Å². The van der Waals surface area contributed by atoms with Gasteiger partial charge in [-0.1, -0.05) is 20.8 Å². The number of rotatable bonds is 3. The molecular weight excluding hydrogens is 228 g/mol. The predicted octanol–water partition coefficient (Wildman–Crippen LogP) is 2.58. The Morgan fingerprint density at radius 3 is 2.41 bits per heavy atom. The third-order valence-electron chi connectivity index (χ3n) is 5.13. The monoisotopic (exact) mass is 256 g/mol. The van der Waals surface area contributed by atoms with E-state index in [-0.39, 0.29) is 0 Å². The highest BCUT2D eigenvalue weighted by Crippen LogP contribution is 2.41. The maximum Gasteiger partial charge on any atom is 0.0455 e. The first-order valence-electron chi connectivity index (χ1n) is 7.17. The van der Waals surface area contributed by atoms with Crippen LogP contribution in [-0.2, 0) is 0 Å². The number of hydrogen-bond acceptors (Lipinski definition) is 3. The lowest BCUT2D eigenvalue weighted by molar-refractivity contribution is 0.0487. The minimum atomic E-state index is 0.312. The van der Waals surface area contributed by atoms with Crippen molar-refractivity contribution in [3.63, 3.8) is 0 Å². The average molecular weight is 256 g/mol. The number of likely N-dealkylation sites (tertiary alicyclic amines) is 1. The molecule has 2 rings (SSSR count). The Morgan fingerprint density at radius 2 is 2.00 bits per heavy atom. The maximum absolute atomic E-state index is 6.13. The molecule has 2 atom stereocenters. The van der Waals surface area contributed by atoms with E-state index in [1.165, 1.54) is 38.1 Å². The summed E-state index contributed by atoms with van der Waals surface area (Å²) in [5, 5.41) is 0.711. The SMILES string of the molecule is CC(C)C1CCN(C2(CN)CCSC2C)CC1. The Morgan fingerprint density at radius 1 is 1.35 bits per heavy atom. The molecule has 100 valence electrons. The van der Waals surface area contributed by atoms with Crippen LogP contribution in [0.25, 0.3) is 0 Å². The third-order valence-corrected chi connectivity index (χ3v) is 6.50. The fraction of sp³-hybridized carbons (Fsp3) is 1.00. The van der Waals surface area contributed by atoms with Gasteiger partial charge in [-0.25, -0.2) is 0 Å². The molecule has 0 aromatic rings. The summed E-state index contributed by atoms with van der Waals surface area (Å²) < 4.78 is 0. The second-order valence-corrected chi connectivity index (χ2v) is 7.59. The molecule has 0 bridgehead atoms. The van der Waals surface area contributed by atoms with Crippen molar-refractivity contribution >= 4 is 11.8 Å². The van der Waals surface area contributed by atoms with E-state index in [1.807, 2.05) is 0 Å². The Bertz CT molecular complexity index is 249. The highest BCUT2D eigenvalue weighted by molar-refractivity contribution is 8.00. The molecule has 2 fully saturated rings. The summed E-state index contributed by atoms with van der Waals surface area (Å²) in [5.74, 6) is 3.08. The van der Waals surface area contributed by atoms with Crippen molar-refractivity contribution in [2.45, 2.75) is 50.8 Å². The molecule has 2 aliphatic rings. The van der Waals surface area contributed by atoms with Crippen LogP contribution in [0, 0.1) is 11.8 Å². The molecule has 3 heteroatoms. The van der Waals surface area contributed by atoms with Crippen molar-refractivity contribution in [3.8, 4) is 0 Å². The zero-order valence-corrected chi connectivity index (χ0v) is 12.4. The van der Waals surface area contributed by atoms with Gasteiger partial charge in [0.1, 0.15) is 0 Å². The summed E-state index contributed by atoms with van der Waals surface area (Å²) >= 11 is 2.11. The lowest BCUT2D eigenvalue weighted by atomic mass is 9.82. The van der Waals surface area contributed by atoms with Crippen LogP contribution in [0.2, 0.25) is 0 Å². The van der Waals surface area contributed by atoms with Crippen LogP contribution in [0.15, 0.2) is 0 Å². The Balaban J connectivity index is 1.99. The first-order valence-corrected chi connectivity index (χ1v) is 8.22. The molecule has 2 heterocycles. The van der Waals surface area contributed by atoms with E-state index in [0.29, 0.717) is 10.8 Å². The summed E-state index contributed by atoms with van der Waals surface area (Å²) in [6, 6.07) is 0. The van der Waals surface area contributed by atoms with Gasteiger partial charge in [0.15, 0.2) is 0 Å². The van der Waals surface area contributed by atoms with Gasteiger partial charge in [-0.05, 0) is 49.9 Å². The van der Waals surface area contributed by atoms with Gasteiger partial charge in [0.25, 0.3) is 0 Å². The number of nitrogens with two attached hydrogens (primary N) is 1. The topological polar surface area (TPSA) is 29.3 Å². The van der Waals surface area contributed by atoms with Crippen LogP contribution in [0.5, 0.6) is 0 Å². The average Bonchev–Trinajstić information content (AvgIpc) is 2.71. The van der Waals surface area contributed by atoms with Gasteiger partial charge in [0.05, 0.1) is 0 Å². The largest absolute Gasteiger partial charge is 0.329 e. The normalized spacial score (nSPS) is 36.9. The first-order chi connectivity index (χ1) is 8.10. The van der Waals surface area contributed by atoms with Crippen molar-refractivity contribution in [2.24, 2.45) is 17.6 Å². The van der Waals surface area contributed by atoms with E-state index >= 15 is 0 Å². The molecule has 2 N–H and O–H groups in total. The smallest absolute Gasteiger partial charge is 0.0455 e. The number of piperidine rings is 1. The fourth-order valence-corrected chi connectivity index (χ4v) is 5.09. The van der Waals surface area contributed by atoms with Crippen molar-refractivity contribution in [2.75, 3.05) is 25.4 Å². The minimum Gasteiger partial charge on any atom is -0.329 e. The van der Waals surface area contributed by atoms with E-state index in [9.17, 15) is 0 Å². The zero-order chi connectivity index (χ0) is 12.5. The number of hydrogen-bond donors (Lipinski definition) is 1. The van der Waals surface area contributed by atoms with Crippen LogP contribution < -0.4 is 5.73 Å². The summed E-state index contributed by atoms with van der Waals surface area (Å²) in [6.07, 6.45) is 4.04. The Kier molecular flexibility index (Phi) is 4.43. The summed E-state index contributed by atoms with van der Waals surface area (Å²) in [4.78, 5) is 2.72. The van der Waals surface area contributed by atoms with Crippen LogP contribution in [0.4, 0.5) is 0 Å². The van der Waals surface area contributed by atoms with E-state index in [4.69, 9.17) is 5.73 Å². The van der Waals surface area contributed by atoms with Crippen molar-refractivity contribution < 1.29 is 0 Å². The molecular formula is C14H28N2S. The molecule has 2 unspecified atom stereocenters. The first kappa shape index (κ1) is 13.7. The molecule has 0 aromatic heterocycles. The summed E-state index contributed by atoms with van der Waals surface area (Å²) in [6.45, 7) is 10.5. The Hall–Kier alpha value is 0.270. The van der Waals surface area contributed by atoms with Gasteiger partial charge in [-0.3, -0.25) is 4.90 Å². The second kappa shape index (κ2) is 5.50. The van der Waals surface area contributed by atoms with Gasteiger partial charge in [-0.2, -0.15) is 11.8 Å². The van der Waals surface area contributed by atoms with Gasteiger partial charge >= 0.3 is 0 Å². The van der Waals surface area contributed by atoms with Crippen LogP contribution in [0.3, 0.4) is 0 Å². The molecule has 17 heavy (non-hydrogen) atoms. The van der Waals surface area contributed by atoms with Crippen molar-refractivity contribution in [1.82, 2.24) is 4.90 Å². The van der Waals surface area contributed by atoms with Gasteiger partial charge in [-0.15, -0.1) is 0 Å². The second-order valence-electron chi connectivity index (χ2n) is 6.14. The highest BCUT2D eigenvalue weighted by atomic mass is 32.2. The number of thioether (sulfide) groups is 1. The lowest BCUT2D eigenvalue weighted by Crippen LogP contribution is -2.59. The molecule has 0 aliphatic carbocycles. The minimum absolute atomic E-state index is 0.312. The van der Waals surface area contributed by atoms with E-state index in [2.05, 4.69) is 37.4 Å². The predicted molar refractivity (Wildman–Crippen MR) is 77.5 cm³/mol. The molecule has 2 aliphatic heterocycles. The van der Waals surface area contributed by atoms with Gasteiger partial charge < -0.3 is 5.73 Å². The molecule has 0 spiro atoms. The standard InChI is InChI=1S/C14H28N2S/c1-11(2)13-4-7-16(8-5-13)14(10-15)6-9-17-12(14)3/h11-13H,4-10,15H2,1-3H3. The molecule has 0 aromatic carbocycles. The van der Waals surface area contributed by atoms with E-state index in [0.717, 1.165) is 18.4 Å². The summed E-state index contributed by atoms with van der Waals surface area (Å²) in [5.41, 5.74) is 6.44. The van der Waals surface area contributed by atoms with Gasteiger partial charge in [0.2, 0.25) is 0 Å². The fourth-order valence-electron chi connectivity index (χ4n) is 3.59. The van der Waals surface area contributed by atoms with Crippen molar-refractivity contribution in [3.05, 3.63) is 0 Å². The third kappa shape index (κ3) is 2.52. The lowest BCUT2D eigenvalue weighted by Gasteiger charge is -2.47. The van der Waals surface area contributed by atoms with E-state index < -0.39 is 0 Å². The van der Waals surface area contributed by atoms with Crippen LogP contribution >= 0.6 is 11.8 Å². The zero-order valence-electron chi connectivity index (χ0n) is 11.6. The molecule has 2 nitrogen and oxygen atoms in total.